The number of anilines is 1. The Morgan fingerprint density at radius 2 is 1.96 bits per heavy atom. The fraction of sp³-hybridized carbons (Fsp3) is 0.188. The van der Waals surface area contributed by atoms with Crippen LogP contribution in [0.5, 0.6) is 5.75 Å². The summed E-state index contributed by atoms with van der Waals surface area (Å²) in [5.74, 6) is 0.608. The first-order valence-corrected chi connectivity index (χ1v) is 8.51. The molecule has 0 bridgehead atoms. The summed E-state index contributed by atoms with van der Waals surface area (Å²) in [5.41, 5.74) is 1.36. The van der Waals surface area contributed by atoms with Crippen molar-refractivity contribution in [2.75, 3.05) is 24.6 Å². The van der Waals surface area contributed by atoms with Crippen molar-refractivity contribution in [2.45, 2.75) is 4.90 Å². The molecule has 1 aliphatic rings. The molecule has 0 saturated heterocycles. The van der Waals surface area contributed by atoms with Crippen LogP contribution in [0.25, 0.3) is 0 Å². The van der Waals surface area contributed by atoms with Crippen LogP contribution in [0.4, 0.5) is 5.69 Å². The Labute approximate surface area is 148 Å². The highest BCUT2D eigenvalue weighted by molar-refractivity contribution is 7.99. The number of ether oxygens (including phenoxy) is 2. The van der Waals surface area contributed by atoms with Gasteiger partial charge in [0.05, 0.1) is 34.3 Å². The van der Waals surface area contributed by atoms with E-state index in [1.807, 2.05) is 29.2 Å². The summed E-state index contributed by atoms with van der Waals surface area (Å²) < 4.78 is 10.4. The lowest BCUT2D eigenvalue weighted by molar-refractivity contribution is 0.0508. The van der Waals surface area contributed by atoms with E-state index in [1.54, 1.807) is 11.8 Å². The molecule has 2 aromatic carbocycles. The Morgan fingerprint density at radius 1 is 1.26 bits per heavy atom. The standard InChI is InChI=1S/C16H13Cl2NO3S/c1-21-15-11(17)6-10(7-12(15)18)16(20)22-8-19-9-23-14-5-3-2-4-13(14)19/h2-7H,8-9H2,1H3. The van der Waals surface area contributed by atoms with Gasteiger partial charge in [-0.05, 0) is 24.3 Å². The van der Waals surface area contributed by atoms with Crippen LogP contribution in [0, 0.1) is 0 Å². The van der Waals surface area contributed by atoms with Crippen molar-refractivity contribution in [3.8, 4) is 5.75 Å². The zero-order valence-electron chi connectivity index (χ0n) is 12.2. The zero-order valence-corrected chi connectivity index (χ0v) is 14.5. The smallest absolute Gasteiger partial charge is 0.339 e. The maximum absolute atomic E-state index is 12.2. The van der Waals surface area contributed by atoms with Gasteiger partial charge in [-0.1, -0.05) is 35.3 Å². The van der Waals surface area contributed by atoms with E-state index in [9.17, 15) is 4.79 Å². The van der Waals surface area contributed by atoms with Gasteiger partial charge in [-0.25, -0.2) is 4.79 Å². The Kier molecular flexibility index (Phi) is 4.90. The van der Waals surface area contributed by atoms with E-state index >= 15 is 0 Å². The minimum absolute atomic E-state index is 0.171. The quantitative estimate of drug-likeness (QED) is 0.731. The number of carbonyl (C=O) groups is 1. The molecule has 0 aliphatic carbocycles. The third kappa shape index (κ3) is 3.37. The van der Waals surface area contributed by atoms with Gasteiger partial charge >= 0.3 is 5.97 Å². The molecule has 0 saturated carbocycles. The molecule has 1 heterocycles. The fourth-order valence-corrected chi connectivity index (χ4v) is 3.93. The Bertz CT molecular complexity index is 731. The lowest BCUT2D eigenvalue weighted by atomic mass is 10.2. The van der Waals surface area contributed by atoms with E-state index in [-0.39, 0.29) is 16.8 Å². The number of thioether (sulfide) groups is 1. The van der Waals surface area contributed by atoms with Gasteiger partial charge in [-0.3, -0.25) is 0 Å². The van der Waals surface area contributed by atoms with Crippen LogP contribution in [-0.4, -0.2) is 25.7 Å². The summed E-state index contributed by atoms with van der Waals surface area (Å²) in [7, 11) is 1.47. The van der Waals surface area contributed by atoms with E-state index in [1.165, 1.54) is 24.1 Å². The molecule has 0 N–H and O–H groups in total. The first-order valence-electron chi connectivity index (χ1n) is 6.77. The number of carbonyl (C=O) groups excluding carboxylic acids is 1. The number of fused-ring (bicyclic) bond motifs is 1. The Balaban J connectivity index is 1.69. The number of methoxy groups -OCH3 is 1. The number of halogens is 2. The van der Waals surface area contributed by atoms with Crippen molar-refractivity contribution in [2.24, 2.45) is 0 Å². The molecule has 0 radical (unpaired) electrons. The first-order chi connectivity index (χ1) is 11.1. The molecule has 120 valence electrons. The average molecular weight is 370 g/mol. The third-order valence-electron chi connectivity index (χ3n) is 3.37. The average Bonchev–Trinajstić information content (AvgIpc) is 2.95. The van der Waals surface area contributed by atoms with Crippen molar-refractivity contribution >= 4 is 46.6 Å². The van der Waals surface area contributed by atoms with Crippen LogP contribution in [0.15, 0.2) is 41.3 Å². The van der Waals surface area contributed by atoms with Gasteiger partial charge in [0.15, 0.2) is 12.5 Å². The summed E-state index contributed by atoms with van der Waals surface area (Å²) in [6, 6.07) is 11.0. The highest BCUT2D eigenvalue weighted by Crippen LogP contribution is 2.38. The van der Waals surface area contributed by atoms with Gasteiger partial charge in [-0.2, -0.15) is 0 Å². The SMILES string of the molecule is COc1c(Cl)cc(C(=O)OCN2CSc3ccccc32)cc1Cl. The molecule has 0 fully saturated rings. The minimum Gasteiger partial charge on any atom is -0.494 e. The monoisotopic (exact) mass is 369 g/mol. The molecular weight excluding hydrogens is 357 g/mol. The molecule has 3 rings (SSSR count). The molecule has 0 spiro atoms. The number of hydrogen-bond acceptors (Lipinski definition) is 5. The summed E-state index contributed by atoms with van der Waals surface area (Å²) in [5, 5.41) is 0.544. The Morgan fingerprint density at radius 3 is 2.65 bits per heavy atom. The van der Waals surface area contributed by atoms with Gasteiger partial charge in [-0.15, -0.1) is 11.8 Å². The highest BCUT2D eigenvalue weighted by atomic mass is 35.5. The van der Waals surface area contributed by atoms with Crippen LogP contribution in [-0.2, 0) is 4.74 Å². The summed E-state index contributed by atoms with van der Waals surface area (Å²) >= 11 is 13.8. The largest absolute Gasteiger partial charge is 0.494 e. The van der Waals surface area contributed by atoms with Gasteiger partial charge < -0.3 is 14.4 Å². The first kappa shape index (κ1) is 16.3. The van der Waals surface area contributed by atoms with Gasteiger partial charge in [0.2, 0.25) is 0 Å². The maximum atomic E-state index is 12.2. The fourth-order valence-electron chi connectivity index (χ4n) is 2.26. The van der Waals surface area contributed by atoms with E-state index in [0.717, 1.165) is 11.6 Å². The number of nitrogens with zero attached hydrogens (tertiary/aromatic N) is 1. The molecule has 1 aliphatic heterocycles. The van der Waals surface area contributed by atoms with Crippen LogP contribution < -0.4 is 9.64 Å². The number of benzene rings is 2. The second kappa shape index (κ2) is 6.91. The normalized spacial score (nSPS) is 12.9. The lowest BCUT2D eigenvalue weighted by Crippen LogP contribution is -2.25. The van der Waals surface area contributed by atoms with Gasteiger partial charge in [0.1, 0.15) is 0 Å². The zero-order chi connectivity index (χ0) is 16.4. The van der Waals surface area contributed by atoms with Crippen molar-refractivity contribution in [1.29, 1.82) is 0 Å². The van der Waals surface area contributed by atoms with Crippen LogP contribution in [0.3, 0.4) is 0 Å². The van der Waals surface area contributed by atoms with Crippen molar-refractivity contribution in [1.82, 2.24) is 0 Å². The van der Waals surface area contributed by atoms with Crippen LogP contribution in [0.2, 0.25) is 10.0 Å². The van der Waals surface area contributed by atoms with Crippen molar-refractivity contribution < 1.29 is 14.3 Å². The van der Waals surface area contributed by atoms with E-state index in [4.69, 9.17) is 32.7 Å². The molecular formula is C16H13Cl2NO3S. The summed E-state index contributed by atoms with van der Waals surface area (Å²) in [4.78, 5) is 15.4. The van der Waals surface area contributed by atoms with Crippen molar-refractivity contribution in [3.05, 3.63) is 52.0 Å². The second-order valence-corrected chi connectivity index (χ2v) is 6.62. The highest BCUT2D eigenvalue weighted by Gasteiger charge is 2.21. The second-order valence-electron chi connectivity index (χ2n) is 4.82. The molecule has 0 atom stereocenters. The molecule has 0 amide bonds. The van der Waals surface area contributed by atoms with Gasteiger partial charge in [0, 0.05) is 4.90 Å². The van der Waals surface area contributed by atoms with Crippen LogP contribution >= 0.6 is 35.0 Å². The maximum Gasteiger partial charge on any atom is 0.339 e. The Hall–Kier alpha value is -1.56. The van der Waals surface area contributed by atoms with Crippen molar-refractivity contribution in [3.63, 3.8) is 0 Å². The lowest BCUT2D eigenvalue weighted by Gasteiger charge is -2.18. The molecule has 4 nitrogen and oxygen atoms in total. The molecule has 7 heteroatoms. The molecule has 0 aromatic heterocycles. The molecule has 0 unspecified atom stereocenters. The van der Waals surface area contributed by atoms with Crippen LogP contribution in [0.1, 0.15) is 10.4 Å². The minimum atomic E-state index is -0.481. The van der Waals surface area contributed by atoms with E-state index in [0.29, 0.717) is 11.3 Å². The predicted octanol–water partition coefficient (Wildman–Crippen LogP) is 4.69. The third-order valence-corrected chi connectivity index (χ3v) is 5.03. The number of rotatable bonds is 4. The molecule has 23 heavy (non-hydrogen) atoms. The number of para-hydroxylation sites is 1. The summed E-state index contributed by atoms with van der Waals surface area (Å²) in [6.45, 7) is 0.171. The van der Waals surface area contributed by atoms with E-state index < -0.39 is 5.97 Å². The number of hydrogen-bond donors (Lipinski definition) is 0. The summed E-state index contributed by atoms with van der Waals surface area (Å²) in [6.07, 6.45) is 0. The van der Waals surface area contributed by atoms with E-state index in [2.05, 4.69) is 0 Å². The topological polar surface area (TPSA) is 38.8 Å². The molecule has 2 aromatic rings. The van der Waals surface area contributed by atoms with Gasteiger partial charge in [0.25, 0.3) is 0 Å². The predicted molar refractivity (Wildman–Crippen MR) is 92.9 cm³/mol. The number of esters is 1.